The number of sulfonamides is 1. The van der Waals surface area contributed by atoms with Crippen molar-refractivity contribution in [2.45, 2.75) is 18.6 Å². The minimum atomic E-state index is -3.51. The van der Waals surface area contributed by atoms with E-state index in [9.17, 15) is 13.2 Å². The summed E-state index contributed by atoms with van der Waals surface area (Å²) in [5.41, 5.74) is 0.678. The molecule has 1 aliphatic heterocycles. The molecule has 0 spiro atoms. The molecular formula is C25H27ClN2O4S. The number of ether oxygens (including phenoxy) is 1. The minimum Gasteiger partial charge on any atom is -0.492 e. The molecule has 1 unspecified atom stereocenters. The van der Waals surface area contributed by atoms with Crippen molar-refractivity contribution in [1.82, 2.24) is 9.62 Å². The number of amides is 1. The molecule has 174 valence electrons. The molecule has 1 amide bonds. The Morgan fingerprint density at radius 1 is 1.06 bits per heavy atom. The molecule has 4 rings (SSSR count). The lowest BCUT2D eigenvalue weighted by molar-refractivity contribution is -0.126. The summed E-state index contributed by atoms with van der Waals surface area (Å²) in [6, 6.07) is 20.7. The third kappa shape index (κ3) is 6.25. The first-order chi connectivity index (χ1) is 15.9. The van der Waals surface area contributed by atoms with Gasteiger partial charge in [0.2, 0.25) is 15.9 Å². The zero-order valence-electron chi connectivity index (χ0n) is 18.2. The first-order valence-corrected chi connectivity index (χ1v) is 13.0. The SMILES string of the molecule is O=C(NCCOc1ccc2ccccc2c1)C1CCCN(S(=O)(=O)Cc2ccc(Cl)cc2)C1. The predicted octanol–water partition coefficient (Wildman–Crippen LogP) is 4.23. The Labute approximate surface area is 199 Å². The van der Waals surface area contributed by atoms with Crippen LogP contribution in [-0.2, 0) is 20.6 Å². The molecule has 1 N–H and O–H groups in total. The van der Waals surface area contributed by atoms with Crippen LogP contribution in [0.4, 0.5) is 0 Å². The number of hydrogen-bond donors (Lipinski definition) is 1. The lowest BCUT2D eigenvalue weighted by atomic mass is 9.99. The molecule has 3 aromatic rings. The summed E-state index contributed by atoms with van der Waals surface area (Å²) < 4.78 is 32.9. The minimum absolute atomic E-state index is 0.0991. The summed E-state index contributed by atoms with van der Waals surface area (Å²) in [6.45, 7) is 1.34. The Morgan fingerprint density at radius 2 is 1.82 bits per heavy atom. The number of halogens is 1. The van der Waals surface area contributed by atoms with Crippen molar-refractivity contribution in [3.05, 3.63) is 77.3 Å². The number of hydrogen-bond acceptors (Lipinski definition) is 4. The van der Waals surface area contributed by atoms with Crippen LogP contribution in [0, 0.1) is 5.92 Å². The van der Waals surface area contributed by atoms with Gasteiger partial charge in [0.25, 0.3) is 0 Å². The highest BCUT2D eigenvalue weighted by Gasteiger charge is 2.32. The number of nitrogens with one attached hydrogen (secondary N) is 1. The van der Waals surface area contributed by atoms with Gasteiger partial charge in [-0.25, -0.2) is 12.7 Å². The van der Waals surface area contributed by atoms with Gasteiger partial charge >= 0.3 is 0 Å². The second-order valence-electron chi connectivity index (χ2n) is 8.23. The first kappa shape index (κ1) is 23.5. The van der Waals surface area contributed by atoms with Crippen LogP contribution in [0.1, 0.15) is 18.4 Å². The molecule has 1 heterocycles. The average Bonchev–Trinajstić information content (AvgIpc) is 2.83. The third-order valence-electron chi connectivity index (χ3n) is 5.80. The van der Waals surface area contributed by atoms with E-state index in [0.29, 0.717) is 43.1 Å². The van der Waals surface area contributed by atoms with E-state index in [0.717, 1.165) is 16.5 Å². The van der Waals surface area contributed by atoms with Gasteiger partial charge in [0.05, 0.1) is 18.2 Å². The van der Waals surface area contributed by atoms with Crippen LogP contribution in [0.2, 0.25) is 5.02 Å². The van der Waals surface area contributed by atoms with Gasteiger partial charge in [-0.3, -0.25) is 4.79 Å². The molecule has 1 atom stereocenters. The van der Waals surface area contributed by atoms with Crippen LogP contribution in [0.15, 0.2) is 66.7 Å². The van der Waals surface area contributed by atoms with Gasteiger partial charge in [-0.1, -0.05) is 54.1 Å². The summed E-state index contributed by atoms with van der Waals surface area (Å²) in [5, 5.41) is 5.70. The smallest absolute Gasteiger partial charge is 0.224 e. The van der Waals surface area contributed by atoms with Gasteiger partial charge in [0.15, 0.2) is 0 Å². The largest absolute Gasteiger partial charge is 0.492 e. The topological polar surface area (TPSA) is 75.7 Å². The van der Waals surface area contributed by atoms with Crippen LogP contribution in [-0.4, -0.2) is 44.9 Å². The number of piperidine rings is 1. The van der Waals surface area contributed by atoms with Crippen molar-refractivity contribution >= 4 is 38.3 Å². The second kappa shape index (κ2) is 10.5. The van der Waals surface area contributed by atoms with E-state index in [1.165, 1.54) is 4.31 Å². The molecular weight excluding hydrogens is 460 g/mol. The van der Waals surface area contributed by atoms with Crippen LogP contribution in [0.3, 0.4) is 0 Å². The summed E-state index contributed by atoms with van der Waals surface area (Å²) in [7, 11) is -3.51. The number of benzene rings is 3. The Balaban J connectivity index is 1.26. The Hall–Kier alpha value is -2.61. The molecule has 0 aliphatic carbocycles. The summed E-state index contributed by atoms with van der Waals surface area (Å²) in [6.07, 6.45) is 1.33. The molecule has 8 heteroatoms. The van der Waals surface area contributed by atoms with Crippen molar-refractivity contribution in [2.24, 2.45) is 5.92 Å². The van der Waals surface area contributed by atoms with Crippen LogP contribution >= 0.6 is 11.6 Å². The number of nitrogens with zero attached hydrogens (tertiary/aromatic N) is 1. The monoisotopic (exact) mass is 486 g/mol. The number of carbonyl (C=O) groups is 1. The first-order valence-electron chi connectivity index (χ1n) is 11.0. The van der Waals surface area contributed by atoms with Crippen molar-refractivity contribution in [1.29, 1.82) is 0 Å². The van der Waals surface area contributed by atoms with E-state index >= 15 is 0 Å². The summed E-state index contributed by atoms with van der Waals surface area (Å²) >= 11 is 5.88. The molecule has 1 fully saturated rings. The molecule has 1 saturated heterocycles. The highest BCUT2D eigenvalue weighted by atomic mass is 35.5. The molecule has 0 aromatic heterocycles. The van der Waals surface area contributed by atoms with Gasteiger partial charge < -0.3 is 10.1 Å². The summed E-state index contributed by atoms with van der Waals surface area (Å²) in [4.78, 5) is 12.6. The maximum Gasteiger partial charge on any atom is 0.224 e. The van der Waals surface area contributed by atoms with Gasteiger partial charge in [-0.15, -0.1) is 0 Å². The van der Waals surface area contributed by atoms with E-state index < -0.39 is 10.0 Å². The fourth-order valence-corrected chi connectivity index (χ4v) is 5.77. The maximum atomic E-state index is 12.9. The Kier molecular flexibility index (Phi) is 7.53. The average molecular weight is 487 g/mol. The molecule has 6 nitrogen and oxygen atoms in total. The molecule has 0 saturated carbocycles. The maximum absolute atomic E-state index is 12.9. The molecule has 3 aromatic carbocycles. The zero-order chi connectivity index (χ0) is 23.3. The third-order valence-corrected chi connectivity index (χ3v) is 7.87. The van der Waals surface area contributed by atoms with Crippen LogP contribution in [0.25, 0.3) is 10.8 Å². The molecule has 33 heavy (non-hydrogen) atoms. The van der Waals surface area contributed by atoms with Crippen molar-refractivity contribution < 1.29 is 17.9 Å². The van der Waals surface area contributed by atoms with Gasteiger partial charge in [0.1, 0.15) is 12.4 Å². The lowest BCUT2D eigenvalue weighted by Crippen LogP contribution is -2.46. The van der Waals surface area contributed by atoms with Crippen molar-refractivity contribution in [3.8, 4) is 5.75 Å². The molecule has 0 radical (unpaired) electrons. The number of carbonyl (C=O) groups excluding carboxylic acids is 1. The van der Waals surface area contributed by atoms with Crippen LogP contribution in [0.5, 0.6) is 5.75 Å². The molecule has 1 aliphatic rings. The van der Waals surface area contributed by atoms with Crippen molar-refractivity contribution in [2.75, 3.05) is 26.2 Å². The predicted molar refractivity (Wildman–Crippen MR) is 131 cm³/mol. The fraction of sp³-hybridized carbons (Fsp3) is 0.320. The lowest BCUT2D eigenvalue weighted by Gasteiger charge is -2.31. The van der Waals surface area contributed by atoms with Crippen molar-refractivity contribution in [3.63, 3.8) is 0 Å². The zero-order valence-corrected chi connectivity index (χ0v) is 19.8. The summed E-state index contributed by atoms with van der Waals surface area (Å²) in [5.74, 6) is 0.154. The van der Waals surface area contributed by atoms with E-state index in [1.807, 2.05) is 42.5 Å². The van der Waals surface area contributed by atoms with Crippen LogP contribution < -0.4 is 10.1 Å². The highest BCUT2D eigenvalue weighted by Crippen LogP contribution is 2.23. The van der Waals surface area contributed by atoms with Gasteiger partial charge in [0, 0.05) is 18.1 Å². The fourth-order valence-electron chi connectivity index (χ4n) is 4.04. The van der Waals surface area contributed by atoms with E-state index in [1.54, 1.807) is 24.3 Å². The van der Waals surface area contributed by atoms with E-state index in [-0.39, 0.29) is 24.1 Å². The Morgan fingerprint density at radius 3 is 2.61 bits per heavy atom. The normalized spacial score (nSPS) is 17.1. The number of fused-ring (bicyclic) bond motifs is 1. The van der Waals surface area contributed by atoms with E-state index in [4.69, 9.17) is 16.3 Å². The highest BCUT2D eigenvalue weighted by molar-refractivity contribution is 7.88. The van der Waals surface area contributed by atoms with Gasteiger partial charge in [-0.05, 0) is 53.4 Å². The standard InChI is InChI=1S/C25H27ClN2O4S/c26-23-10-7-19(8-11-23)18-33(30,31)28-14-3-6-22(17-28)25(29)27-13-15-32-24-12-9-20-4-1-2-5-21(20)16-24/h1-2,4-5,7-12,16,22H,3,6,13-15,17-18H2,(H,27,29). The quantitative estimate of drug-likeness (QED) is 0.483. The van der Waals surface area contributed by atoms with E-state index in [2.05, 4.69) is 5.32 Å². The number of rotatable bonds is 8. The second-order valence-corrected chi connectivity index (χ2v) is 10.6. The Bertz CT molecular complexity index is 1210. The van der Waals surface area contributed by atoms with Gasteiger partial charge in [-0.2, -0.15) is 0 Å². The molecule has 0 bridgehead atoms.